The molecule has 0 fully saturated rings. The highest BCUT2D eigenvalue weighted by molar-refractivity contribution is 6.36. The molecule has 0 spiro atoms. The molecule has 134 valence electrons. The number of carbonyl (C=O) groups excluding carboxylic acids is 2. The Morgan fingerprint density at radius 2 is 1.75 bits per heavy atom. The minimum absolute atomic E-state index is 0.0150. The highest BCUT2D eigenvalue weighted by Gasteiger charge is 2.22. The van der Waals surface area contributed by atoms with Crippen molar-refractivity contribution in [1.82, 2.24) is 16.1 Å². The second-order valence-electron chi connectivity index (χ2n) is 6.19. The van der Waals surface area contributed by atoms with Crippen LogP contribution in [0.25, 0.3) is 0 Å². The zero-order chi connectivity index (χ0) is 18.3. The van der Waals surface area contributed by atoms with Crippen molar-refractivity contribution in [3.63, 3.8) is 0 Å². The lowest BCUT2D eigenvalue weighted by atomic mass is 10.0. The van der Waals surface area contributed by atoms with Gasteiger partial charge >= 0.3 is 6.03 Å². The number of anilines is 1. The van der Waals surface area contributed by atoms with Crippen LogP contribution in [-0.4, -0.2) is 24.0 Å². The minimum Gasteiger partial charge on any atom is -0.336 e. The Bertz CT molecular complexity index is 579. The fourth-order valence-corrected chi connectivity index (χ4v) is 2.43. The standard InChI is InChI=1S/C16H24Cl2N4O2/c1-9(2)7-14(20-16(24)19-10(3)4)15(23)22-21-13-6-5-11(17)8-12(13)18/h5-6,8-10,14,21H,7H2,1-4H3,(H,22,23)(H2,19,20,24). The number of amides is 3. The van der Waals surface area contributed by atoms with Gasteiger partial charge in [0.05, 0.1) is 10.7 Å². The topological polar surface area (TPSA) is 82.3 Å². The third kappa shape index (κ3) is 7.27. The van der Waals surface area contributed by atoms with Crippen molar-refractivity contribution in [1.29, 1.82) is 0 Å². The van der Waals surface area contributed by atoms with Crippen LogP contribution in [0.1, 0.15) is 34.1 Å². The number of hydrogen-bond acceptors (Lipinski definition) is 3. The summed E-state index contributed by atoms with van der Waals surface area (Å²) in [4.78, 5) is 24.2. The van der Waals surface area contributed by atoms with Gasteiger partial charge in [0.15, 0.2) is 0 Å². The highest BCUT2D eigenvalue weighted by atomic mass is 35.5. The molecule has 0 bridgehead atoms. The van der Waals surface area contributed by atoms with E-state index in [4.69, 9.17) is 23.2 Å². The molecule has 0 saturated heterocycles. The Labute approximate surface area is 152 Å². The van der Waals surface area contributed by atoms with Crippen molar-refractivity contribution in [3.8, 4) is 0 Å². The molecule has 1 atom stereocenters. The van der Waals surface area contributed by atoms with Gasteiger partial charge in [-0.1, -0.05) is 37.0 Å². The van der Waals surface area contributed by atoms with Crippen molar-refractivity contribution in [3.05, 3.63) is 28.2 Å². The van der Waals surface area contributed by atoms with Crippen molar-refractivity contribution in [2.45, 2.75) is 46.2 Å². The molecule has 1 unspecified atom stereocenters. The van der Waals surface area contributed by atoms with Gasteiger partial charge in [-0.25, -0.2) is 4.79 Å². The van der Waals surface area contributed by atoms with Gasteiger partial charge in [0.2, 0.25) is 0 Å². The van der Waals surface area contributed by atoms with Crippen molar-refractivity contribution in [2.75, 3.05) is 5.43 Å². The number of nitrogens with one attached hydrogen (secondary N) is 4. The van der Waals surface area contributed by atoms with Crippen LogP contribution >= 0.6 is 23.2 Å². The van der Waals surface area contributed by atoms with Crippen molar-refractivity contribution in [2.24, 2.45) is 5.92 Å². The van der Waals surface area contributed by atoms with Crippen LogP contribution in [0.3, 0.4) is 0 Å². The van der Waals surface area contributed by atoms with E-state index in [1.165, 1.54) is 0 Å². The van der Waals surface area contributed by atoms with E-state index in [0.717, 1.165) is 0 Å². The first-order valence-electron chi connectivity index (χ1n) is 7.77. The van der Waals surface area contributed by atoms with E-state index in [2.05, 4.69) is 21.5 Å². The first-order chi connectivity index (χ1) is 11.2. The van der Waals surface area contributed by atoms with Gasteiger partial charge < -0.3 is 10.6 Å². The van der Waals surface area contributed by atoms with Gasteiger partial charge in [0.1, 0.15) is 6.04 Å². The normalized spacial score (nSPS) is 12.0. The van der Waals surface area contributed by atoms with Gasteiger partial charge in [-0.15, -0.1) is 0 Å². The molecule has 0 aliphatic rings. The van der Waals surface area contributed by atoms with Crippen LogP contribution in [0.15, 0.2) is 18.2 Å². The van der Waals surface area contributed by atoms with Gasteiger partial charge in [-0.3, -0.25) is 15.6 Å². The molecular weight excluding hydrogens is 351 g/mol. The minimum atomic E-state index is -0.665. The Kier molecular flexibility index (Phi) is 8.15. The van der Waals surface area contributed by atoms with Crippen LogP contribution in [0.5, 0.6) is 0 Å². The summed E-state index contributed by atoms with van der Waals surface area (Å²) < 4.78 is 0. The van der Waals surface area contributed by atoms with Crippen LogP contribution in [0.4, 0.5) is 10.5 Å². The quantitative estimate of drug-likeness (QED) is 0.550. The molecule has 1 rings (SSSR count). The van der Waals surface area contributed by atoms with E-state index in [1.807, 2.05) is 27.7 Å². The second-order valence-corrected chi connectivity index (χ2v) is 7.04. The SMILES string of the molecule is CC(C)CC(NC(=O)NC(C)C)C(=O)NNc1ccc(Cl)cc1Cl. The highest BCUT2D eigenvalue weighted by Crippen LogP contribution is 2.24. The van der Waals surface area contributed by atoms with Gasteiger partial charge in [-0.05, 0) is 44.4 Å². The Balaban J connectivity index is 2.68. The number of urea groups is 1. The van der Waals surface area contributed by atoms with E-state index in [0.29, 0.717) is 22.2 Å². The zero-order valence-corrected chi connectivity index (χ0v) is 15.8. The summed E-state index contributed by atoms with van der Waals surface area (Å²) in [5, 5.41) is 6.27. The van der Waals surface area contributed by atoms with E-state index >= 15 is 0 Å². The molecule has 3 amide bonds. The maximum absolute atomic E-state index is 12.4. The molecule has 24 heavy (non-hydrogen) atoms. The lowest BCUT2D eigenvalue weighted by Crippen LogP contribution is -2.52. The maximum Gasteiger partial charge on any atom is 0.315 e. The lowest BCUT2D eigenvalue weighted by molar-refractivity contribution is -0.122. The first-order valence-corrected chi connectivity index (χ1v) is 8.52. The average molecular weight is 375 g/mol. The second kappa shape index (κ2) is 9.59. The van der Waals surface area contributed by atoms with Crippen LogP contribution in [0.2, 0.25) is 10.0 Å². The molecule has 0 aliphatic heterocycles. The van der Waals surface area contributed by atoms with Crippen LogP contribution in [0, 0.1) is 5.92 Å². The predicted octanol–water partition coefficient (Wildman–Crippen LogP) is 3.56. The third-order valence-corrected chi connectivity index (χ3v) is 3.55. The Morgan fingerprint density at radius 1 is 1.08 bits per heavy atom. The molecule has 4 N–H and O–H groups in total. The van der Waals surface area contributed by atoms with Crippen LogP contribution in [-0.2, 0) is 4.79 Å². The summed E-state index contributed by atoms with van der Waals surface area (Å²) in [6.45, 7) is 7.65. The fourth-order valence-electron chi connectivity index (χ4n) is 1.97. The molecular formula is C16H24Cl2N4O2. The number of rotatable bonds is 7. The average Bonchev–Trinajstić information content (AvgIpc) is 2.44. The summed E-state index contributed by atoms with van der Waals surface area (Å²) >= 11 is 11.9. The molecule has 0 saturated carbocycles. The Morgan fingerprint density at radius 3 is 2.29 bits per heavy atom. The first kappa shape index (κ1) is 20.4. The molecule has 1 aromatic rings. The van der Waals surface area contributed by atoms with Crippen molar-refractivity contribution < 1.29 is 9.59 Å². The molecule has 0 heterocycles. The monoisotopic (exact) mass is 374 g/mol. The van der Waals surface area contributed by atoms with Gasteiger partial charge in [0.25, 0.3) is 5.91 Å². The van der Waals surface area contributed by atoms with Gasteiger partial charge in [-0.2, -0.15) is 0 Å². The number of hydrogen-bond donors (Lipinski definition) is 4. The summed E-state index contributed by atoms with van der Waals surface area (Å²) in [5.41, 5.74) is 5.83. The predicted molar refractivity (Wildman–Crippen MR) is 98.3 cm³/mol. The van der Waals surface area contributed by atoms with Gasteiger partial charge in [0, 0.05) is 11.1 Å². The summed E-state index contributed by atoms with van der Waals surface area (Å²) in [7, 11) is 0. The number of halogens is 2. The number of carbonyl (C=O) groups is 2. The lowest BCUT2D eigenvalue weighted by Gasteiger charge is -2.21. The Hall–Kier alpha value is -1.66. The molecule has 6 nitrogen and oxygen atoms in total. The summed E-state index contributed by atoms with van der Waals surface area (Å²) in [6.07, 6.45) is 0.507. The fraction of sp³-hybridized carbons (Fsp3) is 0.500. The molecule has 0 aromatic heterocycles. The largest absolute Gasteiger partial charge is 0.336 e. The smallest absolute Gasteiger partial charge is 0.315 e. The van der Waals surface area contributed by atoms with Crippen LogP contribution < -0.4 is 21.5 Å². The van der Waals surface area contributed by atoms with E-state index in [9.17, 15) is 9.59 Å². The maximum atomic E-state index is 12.4. The third-order valence-electron chi connectivity index (χ3n) is 3.00. The summed E-state index contributed by atoms with van der Waals surface area (Å²) in [5.74, 6) is -0.118. The zero-order valence-electron chi connectivity index (χ0n) is 14.2. The summed E-state index contributed by atoms with van der Waals surface area (Å²) in [6, 6.07) is 3.82. The van der Waals surface area contributed by atoms with E-state index in [-0.39, 0.29) is 23.9 Å². The molecule has 0 aliphatic carbocycles. The van der Waals surface area contributed by atoms with Crippen molar-refractivity contribution >= 4 is 40.8 Å². The molecule has 8 heteroatoms. The van der Waals surface area contributed by atoms with E-state index in [1.54, 1.807) is 18.2 Å². The molecule has 0 radical (unpaired) electrons. The number of hydrazine groups is 1. The number of benzene rings is 1. The molecule has 1 aromatic carbocycles. The van der Waals surface area contributed by atoms with E-state index < -0.39 is 6.04 Å².